The maximum absolute atomic E-state index is 11.2. The van der Waals surface area contributed by atoms with Crippen LogP contribution in [0.2, 0.25) is 20.1 Å². The van der Waals surface area contributed by atoms with Gasteiger partial charge in [0.25, 0.3) is 0 Å². The molecule has 0 heterocycles. The van der Waals surface area contributed by atoms with Gasteiger partial charge in [0.1, 0.15) is 0 Å². The fourth-order valence-electron chi connectivity index (χ4n) is 4.40. The summed E-state index contributed by atoms with van der Waals surface area (Å²) < 4.78 is 13.2. The van der Waals surface area contributed by atoms with E-state index in [1.54, 1.807) is 0 Å². The zero-order valence-corrected chi connectivity index (χ0v) is 14.7. The average Bonchev–Trinajstić information content (AvgIpc) is 2.10. The third-order valence-electron chi connectivity index (χ3n) is 6.33. The predicted octanol–water partition coefficient (Wildman–Crippen LogP) is -0.671. The van der Waals surface area contributed by atoms with E-state index in [2.05, 4.69) is 0 Å². The van der Waals surface area contributed by atoms with Crippen LogP contribution in [0.25, 0.3) is 0 Å². The molecule has 0 amide bonds. The minimum atomic E-state index is -7.40. The summed E-state index contributed by atoms with van der Waals surface area (Å²) in [6, 6.07) is 0. The summed E-state index contributed by atoms with van der Waals surface area (Å²) in [4.78, 5) is 44.9. The van der Waals surface area contributed by atoms with Crippen molar-refractivity contribution in [2.24, 2.45) is 8.95 Å². The Morgan fingerprint density at radius 2 is 0.952 bits per heavy atom. The van der Waals surface area contributed by atoms with E-state index in [0.29, 0.717) is 0 Å². The Kier molecular flexibility index (Phi) is 3.82. The number of carboxylic acids is 4. The van der Waals surface area contributed by atoms with Crippen molar-refractivity contribution in [3.05, 3.63) is 0 Å². The molecule has 0 aliphatic rings. The first-order valence-corrected chi connectivity index (χ1v) is 20.5. The standard InChI is InChI=1S/4C2H3O2.C2H4.2H2N.Zn/c4*1-2(3)4;1-2;;;/h4*1H2,(H,3,4);1H,2H3;2*1H2;/q;;;;;2*-1;+2. The number of hydrogen-bond donors (Lipinski definition) is 6. The van der Waals surface area contributed by atoms with Gasteiger partial charge in [-0.05, 0) is 0 Å². The van der Waals surface area contributed by atoms with Crippen molar-refractivity contribution in [3.8, 4) is 0 Å². The van der Waals surface area contributed by atoms with Crippen LogP contribution in [0.3, 0.4) is 0 Å². The number of aliphatic carboxylic acids is 4. The van der Waals surface area contributed by atoms with Crippen LogP contribution in [0.15, 0.2) is 0 Å². The van der Waals surface area contributed by atoms with Gasteiger partial charge in [-0.25, -0.2) is 0 Å². The van der Waals surface area contributed by atoms with Gasteiger partial charge in [-0.15, -0.1) is 0 Å². The molecule has 0 bridgehead atoms. The van der Waals surface area contributed by atoms with Crippen molar-refractivity contribution in [2.75, 3.05) is 0 Å². The van der Waals surface area contributed by atoms with Crippen molar-refractivity contribution in [3.63, 3.8) is 0 Å². The topological polar surface area (TPSA) is 201 Å². The van der Waals surface area contributed by atoms with E-state index >= 15 is 0 Å². The molecular weight excluding hydrogens is 342 g/mol. The van der Waals surface area contributed by atoms with E-state index in [4.69, 9.17) is 29.4 Å². The molecule has 8 N–H and O–H groups in total. The van der Waals surface area contributed by atoms with Crippen LogP contribution < -0.4 is 8.95 Å². The second-order valence-corrected chi connectivity index (χ2v) is 41.6. The fourth-order valence-corrected chi connectivity index (χ4v) is 22.9. The second-order valence-electron chi connectivity index (χ2n) is 9.28. The molecule has 0 aromatic heterocycles. The fraction of sp³-hybridized carbons (Fsp3) is 0.500. The van der Waals surface area contributed by atoms with Crippen molar-refractivity contribution in [1.29, 1.82) is 0 Å². The molecular formula is C10H20N2O8Zn. The van der Waals surface area contributed by atoms with Gasteiger partial charge in [0.05, 0.1) is 0 Å². The molecule has 10 nitrogen and oxygen atoms in total. The summed E-state index contributed by atoms with van der Waals surface area (Å²) in [5, 5.41) is 31.6. The number of rotatable bonds is 8. The third-order valence-corrected chi connectivity index (χ3v) is 32.9. The molecule has 0 saturated heterocycles. The Bertz CT molecular complexity index is 567. The number of hydrogen-bond acceptors (Lipinski definition) is 6. The quantitative estimate of drug-likeness (QED) is 0.301. The average molecular weight is 362 g/mol. The molecule has 0 saturated carbocycles. The molecule has 0 unspecified atom stereocenters. The van der Waals surface area contributed by atoms with Crippen molar-refractivity contribution in [2.45, 2.75) is 27.0 Å². The predicted molar refractivity (Wildman–Crippen MR) is 69.9 cm³/mol. The van der Waals surface area contributed by atoms with Crippen LogP contribution in [-0.2, 0) is 30.5 Å². The number of carboxylic acid groups (broad SMARTS) is 4. The normalized spacial score (nSPS) is 14.3. The molecule has 11 heteroatoms. The zero-order chi connectivity index (χ0) is 17.2. The first-order chi connectivity index (χ1) is 9.05. The molecule has 0 aromatic rings. The number of carbonyl (C=O) groups is 4. The Morgan fingerprint density at radius 3 is 1.05 bits per heavy atom. The molecule has 0 rings (SSSR count). The molecule has 0 fully saturated rings. The molecule has 0 atom stereocenters. The van der Waals surface area contributed by atoms with Crippen molar-refractivity contribution >= 4 is 28.5 Å². The monoisotopic (exact) mass is 360 g/mol. The van der Waals surface area contributed by atoms with Crippen LogP contribution in [0.1, 0.15) is 6.92 Å². The van der Waals surface area contributed by atoms with Gasteiger partial charge in [0.2, 0.25) is 0 Å². The molecule has 0 aliphatic carbocycles. The van der Waals surface area contributed by atoms with E-state index < -0.39 is 55.2 Å². The summed E-state index contributed by atoms with van der Waals surface area (Å²) >= 11 is -7.40. The molecule has 0 spiro atoms. The Morgan fingerprint density at radius 1 is 0.762 bits per heavy atom. The van der Waals surface area contributed by atoms with Gasteiger partial charge in [-0.2, -0.15) is 0 Å². The van der Waals surface area contributed by atoms with Gasteiger partial charge in [0.15, 0.2) is 0 Å². The molecule has 21 heavy (non-hydrogen) atoms. The van der Waals surface area contributed by atoms with Crippen LogP contribution >= 0.6 is 0 Å². The Balaban J connectivity index is 7.10. The van der Waals surface area contributed by atoms with E-state index in [0.717, 1.165) is 11.5 Å². The summed E-state index contributed by atoms with van der Waals surface area (Å²) in [6.07, 6.45) is 0. The van der Waals surface area contributed by atoms with E-state index in [1.807, 2.05) is 0 Å². The molecule has 120 valence electrons. The van der Waals surface area contributed by atoms with Crippen molar-refractivity contribution in [1.82, 2.24) is 0 Å². The van der Waals surface area contributed by atoms with Crippen LogP contribution in [-0.4, -0.2) is 48.9 Å². The molecule has 0 aliphatic heterocycles. The van der Waals surface area contributed by atoms with Crippen molar-refractivity contribution < 1.29 is 50.9 Å². The maximum atomic E-state index is 11.2. The molecule has 0 radical (unpaired) electrons. The van der Waals surface area contributed by atoms with Crippen LogP contribution in [0.5, 0.6) is 0 Å². The summed E-state index contributed by atoms with van der Waals surface area (Å²) in [6.45, 7) is 1.13. The Labute approximate surface area is 116 Å². The van der Waals surface area contributed by atoms with Gasteiger partial charge in [0, 0.05) is 0 Å². The Hall–Kier alpha value is -1.71. The summed E-state index contributed by atoms with van der Waals surface area (Å²) in [7, 11) is 0. The van der Waals surface area contributed by atoms with E-state index in [1.165, 1.54) is 0 Å². The first-order valence-electron chi connectivity index (χ1n) is 6.93. The van der Waals surface area contributed by atoms with E-state index in [-0.39, 0.29) is 0 Å². The second kappa shape index (κ2) is 4.15. The van der Waals surface area contributed by atoms with Crippen LogP contribution in [0, 0.1) is 0 Å². The SMILES string of the molecule is C[CH]=[Zn]([NH2])([NH2])([CH2]C(=O)O)([CH2]C(=O)O)([CH2]C(=O)O)[CH2]C(=O)O. The van der Waals surface area contributed by atoms with Gasteiger partial charge < -0.3 is 0 Å². The summed E-state index contributed by atoms with van der Waals surface area (Å²) in [5.74, 6) is -6.59. The van der Waals surface area contributed by atoms with Gasteiger partial charge in [-0.3, -0.25) is 0 Å². The summed E-state index contributed by atoms with van der Waals surface area (Å²) in [5.41, 5.74) is 0. The van der Waals surface area contributed by atoms with Gasteiger partial charge in [-0.1, -0.05) is 0 Å². The van der Waals surface area contributed by atoms with Crippen LogP contribution in [0.4, 0.5) is 0 Å². The first kappa shape index (κ1) is 19.3. The van der Waals surface area contributed by atoms with Gasteiger partial charge >= 0.3 is 115 Å². The zero-order valence-electron chi connectivity index (χ0n) is 11.7. The number of nitrogens with two attached hydrogens (primary N) is 2. The third kappa shape index (κ3) is 3.69. The molecule has 0 aromatic carbocycles. The van der Waals surface area contributed by atoms with E-state index in [9.17, 15) is 19.2 Å². The minimum absolute atomic E-state index is 0.868.